The summed E-state index contributed by atoms with van der Waals surface area (Å²) in [7, 11) is 1.78. The average molecular weight is 241 g/mol. The lowest BCUT2D eigenvalue weighted by Gasteiger charge is -2.27. The Morgan fingerprint density at radius 2 is 2.25 bits per heavy atom. The van der Waals surface area contributed by atoms with Crippen LogP contribution in [0.2, 0.25) is 0 Å². The van der Waals surface area contributed by atoms with Gasteiger partial charge in [-0.2, -0.15) is 0 Å². The van der Waals surface area contributed by atoms with Crippen LogP contribution >= 0.6 is 11.3 Å². The van der Waals surface area contributed by atoms with Crippen LogP contribution < -0.4 is 5.32 Å². The molecule has 1 heterocycles. The molecule has 0 aliphatic heterocycles. The van der Waals surface area contributed by atoms with Crippen LogP contribution in [0.4, 0.5) is 0 Å². The van der Waals surface area contributed by atoms with E-state index in [9.17, 15) is 0 Å². The Bertz CT molecular complexity index is 282. The van der Waals surface area contributed by atoms with Gasteiger partial charge in [0.25, 0.3) is 0 Å². The van der Waals surface area contributed by atoms with Crippen LogP contribution in [0.15, 0.2) is 17.5 Å². The molecule has 0 aromatic carbocycles. The Morgan fingerprint density at radius 3 is 2.81 bits per heavy atom. The van der Waals surface area contributed by atoms with Crippen LogP contribution in [0.25, 0.3) is 0 Å². The second kappa shape index (κ2) is 6.38. The molecule has 0 aliphatic rings. The Labute approximate surface area is 103 Å². The van der Waals surface area contributed by atoms with E-state index in [-0.39, 0.29) is 5.60 Å². The van der Waals surface area contributed by atoms with Crippen molar-refractivity contribution in [3.63, 3.8) is 0 Å². The van der Waals surface area contributed by atoms with Crippen molar-refractivity contribution < 1.29 is 4.74 Å². The van der Waals surface area contributed by atoms with E-state index in [1.165, 1.54) is 4.88 Å². The zero-order valence-electron chi connectivity index (χ0n) is 10.7. The summed E-state index contributed by atoms with van der Waals surface area (Å²) in [6.45, 7) is 7.52. The highest BCUT2D eigenvalue weighted by molar-refractivity contribution is 7.09. The Balaban J connectivity index is 2.18. The normalized spacial score (nSPS) is 14.0. The zero-order valence-corrected chi connectivity index (χ0v) is 11.6. The Morgan fingerprint density at radius 1 is 1.50 bits per heavy atom. The molecule has 1 aromatic heterocycles. The van der Waals surface area contributed by atoms with Gasteiger partial charge in [0, 0.05) is 24.6 Å². The number of thiophene rings is 1. The van der Waals surface area contributed by atoms with Crippen molar-refractivity contribution in [2.75, 3.05) is 13.7 Å². The number of rotatable bonds is 7. The lowest BCUT2D eigenvalue weighted by atomic mass is 10.00. The van der Waals surface area contributed by atoms with Crippen LogP contribution in [0.3, 0.4) is 0 Å². The molecule has 1 aromatic rings. The molecule has 92 valence electrons. The highest BCUT2D eigenvalue weighted by atomic mass is 32.1. The predicted molar refractivity (Wildman–Crippen MR) is 71.2 cm³/mol. The molecule has 3 heteroatoms. The van der Waals surface area contributed by atoms with Gasteiger partial charge in [-0.3, -0.25) is 0 Å². The maximum atomic E-state index is 5.42. The molecule has 0 saturated heterocycles. The quantitative estimate of drug-likeness (QED) is 0.792. The Kier molecular flexibility index (Phi) is 5.46. The minimum Gasteiger partial charge on any atom is -0.379 e. The average Bonchev–Trinajstić information content (AvgIpc) is 2.70. The van der Waals surface area contributed by atoms with Crippen molar-refractivity contribution in [3.05, 3.63) is 22.4 Å². The number of ether oxygens (including phenoxy) is 1. The van der Waals surface area contributed by atoms with Crippen molar-refractivity contribution in [2.24, 2.45) is 0 Å². The third-order valence-electron chi connectivity index (χ3n) is 2.79. The van der Waals surface area contributed by atoms with E-state index in [0.717, 1.165) is 19.4 Å². The first-order valence-corrected chi connectivity index (χ1v) is 6.72. The van der Waals surface area contributed by atoms with Gasteiger partial charge in [0.2, 0.25) is 0 Å². The van der Waals surface area contributed by atoms with Gasteiger partial charge in [-0.15, -0.1) is 11.3 Å². The second-order valence-electron chi connectivity index (χ2n) is 4.85. The topological polar surface area (TPSA) is 21.3 Å². The first kappa shape index (κ1) is 13.7. The van der Waals surface area contributed by atoms with Gasteiger partial charge in [-0.25, -0.2) is 0 Å². The van der Waals surface area contributed by atoms with Crippen LogP contribution in [0.1, 0.15) is 32.1 Å². The molecule has 0 amide bonds. The number of methoxy groups -OCH3 is 1. The lowest BCUT2D eigenvalue weighted by Crippen LogP contribution is -2.36. The summed E-state index contributed by atoms with van der Waals surface area (Å²) in [5.41, 5.74) is -0.0324. The summed E-state index contributed by atoms with van der Waals surface area (Å²) < 4.78 is 5.42. The first-order chi connectivity index (χ1) is 7.53. The van der Waals surface area contributed by atoms with Gasteiger partial charge < -0.3 is 10.1 Å². The second-order valence-corrected chi connectivity index (χ2v) is 5.88. The van der Waals surface area contributed by atoms with Gasteiger partial charge in [0.15, 0.2) is 0 Å². The van der Waals surface area contributed by atoms with Gasteiger partial charge in [0.05, 0.1) is 5.60 Å². The molecule has 0 fully saturated rings. The third kappa shape index (κ3) is 5.10. The van der Waals surface area contributed by atoms with Crippen LogP contribution in [0.5, 0.6) is 0 Å². The van der Waals surface area contributed by atoms with Crippen molar-refractivity contribution >= 4 is 11.3 Å². The van der Waals surface area contributed by atoms with Crippen molar-refractivity contribution in [3.8, 4) is 0 Å². The fourth-order valence-corrected chi connectivity index (χ4v) is 2.50. The van der Waals surface area contributed by atoms with E-state index in [0.29, 0.717) is 6.04 Å². The van der Waals surface area contributed by atoms with Gasteiger partial charge in [0.1, 0.15) is 0 Å². The summed E-state index contributed by atoms with van der Waals surface area (Å²) in [6, 6.07) is 4.79. The van der Waals surface area contributed by atoms with E-state index in [1.54, 1.807) is 7.11 Å². The molecule has 0 aliphatic carbocycles. The third-order valence-corrected chi connectivity index (χ3v) is 3.73. The summed E-state index contributed by atoms with van der Waals surface area (Å²) in [5.74, 6) is 0. The molecule has 0 bridgehead atoms. The molecular weight excluding hydrogens is 218 g/mol. The molecule has 0 saturated carbocycles. The largest absolute Gasteiger partial charge is 0.379 e. The molecule has 1 atom stereocenters. The predicted octanol–water partition coefficient (Wildman–Crippen LogP) is 3.08. The van der Waals surface area contributed by atoms with Crippen molar-refractivity contribution in [1.29, 1.82) is 0 Å². The highest BCUT2D eigenvalue weighted by Crippen LogP contribution is 2.15. The van der Waals surface area contributed by atoms with Crippen LogP contribution in [0, 0.1) is 0 Å². The van der Waals surface area contributed by atoms with Gasteiger partial charge in [-0.1, -0.05) is 6.07 Å². The first-order valence-electron chi connectivity index (χ1n) is 5.84. The monoisotopic (exact) mass is 241 g/mol. The minimum absolute atomic E-state index is 0.0324. The fourth-order valence-electron chi connectivity index (χ4n) is 1.79. The molecule has 1 N–H and O–H groups in total. The smallest absolute Gasteiger partial charge is 0.0637 e. The Hall–Kier alpha value is -0.380. The molecule has 2 nitrogen and oxygen atoms in total. The molecular formula is C13H23NOS. The number of hydrogen-bond donors (Lipinski definition) is 1. The lowest BCUT2D eigenvalue weighted by molar-refractivity contribution is 0.00865. The molecule has 0 radical (unpaired) electrons. The van der Waals surface area contributed by atoms with E-state index < -0.39 is 0 Å². The van der Waals surface area contributed by atoms with Crippen LogP contribution in [-0.4, -0.2) is 25.3 Å². The summed E-state index contributed by atoms with van der Waals surface area (Å²) in [5, 5.41) is 5.67. The highest BCUT2D eigenvalue weighted by Gasteiger charge is 2.19. The number of hydrogen-bond acceptors (Lipinski definition) is 3. The van der Waals surface area contributed by atoms with E-state index in [2.05, 4.69) is 43.6 Å². The standard InChI is InChI=1S/C13H23NOS/c1-11(10-13(2,3)15-4)14-8-7-12-6-5-9-16-12/h5-6,9,11,14H,7-8,10H2,1-4H3. The maximum absolute atomic E-state index is 5.42. The zero-order chi connectivity index (χ0) is 12.0. The van der Waals surface area contributed by atoms with Crippen molar-refractivity contribution in [1.82, 2.24) is 5.32 Å². The van der Waals surface area contributed by atoms with Gasteiger partial charge >= 0.3 is 0 Å². The molecule has 0 spiro atoms. The van der Waals surface area contributed by atoms with E-state index >= 15 is 0 Å². The SMILES string of the molecule is COC(C)(C)CC(C)NCCc1cccs1. The van der Waals surface area contributed by atoms with Crippen LogP contribution in [-0.2, 0) is 11.2 Å². The van der Waals surface area contributed by atoms with E-state index in [4.69, 9.17) is 4.74 Å². The molecule has 1 unspecified atom stereocenters. The van der Waals surface area contributed by atoms with E-state index in [1.807, 2.05) is 11.3 Å². The molecule has 16 heavy (non-hydrogen) atoms. The minimum atomic E-state index is -0.0324. The number of nitrogens with one attached hydrogen (secondary N) is 1. The molecule has 1 rings (SSSR count). The maximum Gasteiger partial charge on any atom is 0.0637 e. The summed E-state index contributed by atoms with van der Waals surface area (Å²) >= 11 is 1.83. The van der Waals surface area contributed by atoms with Gasteiger partial charge in [-0.05, 0) is 45.1 Å². The summed E-state index contributed by atoms with van der Waals surface area (Å²) in [4.78, 5) is 1.45. The van der Waals surface area contributed by atoms with Crippen molar-refractivity contribution in [2.45, 2.75) is 45.3 Å². The fraction of sp³-hybridized carbons (Fsp3) is 0.692. The summed E-state index contributed by atoms with van der Waals surface area (Å²) in [6.07, 6.45) is 2.16.